The number of halogens is 1. The second-order valence-electron chi connectivity index (χ2n) is 4.37. The van der Waals surface area contributed by atoms with Gasteiger partial charge in [-0.15, -0.1) is 11.6 Å². The molecule has 0 aliphatic carbocycles. The number of hydrogen-bond donors (Lipinski definition) is 3. The fourth-order valence-corrected chi connectivity index (χ4v) is 2.30. The van der Waals surface area contributed by atoms with E-state index in [0.717, 1.165) is 0 Å². The van der Waals surface area contributed by atoms with Crippen molar-refractivity contribution in [2.24, 2.45) is 0 Å². The molecule has 5 nitrogen and oxygen atoms in total. The molecule has 0 saturated heterocycles. The molecule has 1 rings (SSSR count). The third-order valence-electron chi connectivity index (χ3n) is 3.04. The van der Waals surface area contributed by atoms with Crippen LogP contribution < -0.4 is 0 Å². The van der Waals surface area contributed by atoms with Crippen molar-refractivity contribution in [1.82, 2.24) is 4.98 Å². The van der Waals surface area contributed by atoms with Gasteiger partial charge >= 0.3 is 5.97 Å². The topological polar surface area (TPSA) is 82.6 Å². The van der Waals surface area contributed by atoms with Crippen molar-refractivity contribution in [2.45, 2.75) is 39.4 Å². The van der Waals surface area contributed by atoms with Gasteiger partial charge in [0.15, 0.2) is 0 Å². The highest BCUT2D eigenvalue weighted by Crippen LogP contribution is 2.28. The Kier molecular flexibility index (Phi) is 5.85. The summed E-state index contributed by atoms with van der Waals surface area (Å²) in [6.45, 7) is 5.45. The van der Waals surface area contributed by atoms with Crippen molar-refractivity contribution >= 4 is 17.6 Å². The Labute approximate surface area is 117 Å². The molecule has 1 aromatic rings. The van der Waals surface area contributed by atoms with Crippen molar-refractivity contribution in [3.63, 3.8) is 0 Å². The molecule has 1 aromatic heterocycles. The standard InChI is InChI=1S/C13H20ClNO4/c1-4-19-13(18)11-7(2)10(8(3)15-11)12(17)9(16)5-6-14/h9,12,15-17H,4-6H2,1-3H3. The van der Waals surface area contributed by atoms with E-state index in [4.69, 9.17) is 16.3 Å². The molecule has 0 fully saturated rings. The summed E-state index contributed by atoms with van der Waals surface area (Å²) in [5, 5.41) is 19.9. The third kappa shape index (κ3) is 3.49. The van der Waals surface area contributed by atoms with Crippen LogP contribution in [0.5, 0.6) is 0 Å². The predicted molar refractivity (Wildman–Crippen MR) is 72.5 cm³/mol. The molecule has 1 heterocycles. The van der Waals surface area contributed by atoms with Gasteiger partial charge in [-0.3, -0.25) is 0 Å². The number of H-pyrrole nitrogens is 1. The smallest absolute Gasteiger partial charge is 0.355 e. The van der Waals surface area contributed by atoms with Crippen LogP contribution in [-0.2, 0) is 4.74 Å². The molecule has 2 atom stereocenters. The fourth-order valence-electron chi connectivity index (χ4n) is 2.08. The van der Waals surface area contributed by atoms with E-state index < -0.39 is 18.2 Å². The molecule has 0 aliphatic heterocycles. The van der Waals surface area contributed by atoms with Crippen molar-refractivity contribution in [3.8, 4) is 0 Å². The van der Waals surface area contributed by atoms with Crippen molar-refractivity contribution in [2.75, 3.05) is 12.5 Å². The number of ether oxygens (including phenoxy) is 1. The zero-order chi connectivity index (χ0) is 14.6. The Bertz CT molecular complexity index is 444. The normalized spacial score (nSPS) is 14.2. The van der Waals surface area contributed by atoms with Gasteiger partial charge in [-0.05, 0) is 32.8 Å². The summed E-state index contributed by atoms with van der Waals surface area (Å²) in [6.07, 6.45) is -1.75. The van der Waals surface area contributed by atoms with E-state index in [1.165, 1.54) is 0 Å². The number of carbonyl (C=O) groups is 1. The molecule has 0 spiro atoms. The largest absolute Gasteiger partial charge is 0.461 e. The van der Waals surface area contributed by atoms with Crippen molar-refractivity contribution in [1.29, 1.82) is 0 Å². The van der Waals surface area contributed by atoms with Crippen LogP contribution in [0.2, 0.25) is 0 Å². The highest BCUT2D eigenvalue weighted by atomic mass is 35.5. The van der Waals surface area contributed by atoms with Crippen LogP contribution >= 0.6 is 11.6 Å². The van der Waals surface area contributed by atoms with Crippen LogP contribution in [0, 0.1) is 13.8 Å². The lowest BCUT2D eigenvalue weighted by Crippen LogP contribution is -2.19. The number of aliphatic hydroxyl groups is 2. The summed E-state index contributed by atoms with van der Waals surface area (Å²) in [5.74, 6) is -0.209. The van der Waals surface area contributed by atoms with Gasteiger partial charge in [0.1, 0.15) is 11.8 Å². The van der Waals surface area contributed by atoms with Gasteiger partial charge in [0, 0.05) is 17.1 Å². The summed E-state index contributed by atoms with van der Waals surface area (Å²) < 4.78 is 4.93. The Hall–Kier alpha value is -1.04. The lowest BCUT2D eigenvalue weighted by atomic mass is 9.99. The second kappa shape index (κ2) is 6.93. The average Bonchev–Trinajstić information content (AvgIpc) is 2.65. The van der Waals surface area contributed by atoms with E-state index in [1.807, 2.05) is 0 Å². The Morgan fingerprint density at radius 3 is 2.58 bits per heavy atom. The van der Waals surface area contributed by atoms with Crippen LogP contribution in [0.4, 0.5) is 0 Å². The number of hydrogen-bond acceptors (Lipinski definition) is 4. The SMILES string of the molecule is CCOC(=O)c1[nH]c(C)c(C(O)C(O)CCCl)c1C. The van der Waals surface area contributed by atoms with Crippen LogP contribution in [0.1, 0.15) is 46.8 Å². The van der Waals surface area contributed by atoms with Gasteiger partial charge < -0.3 is 19.9 Å². The number of aryl methyl sites for hydroxylation is 1. The van der Waals surface area contributed by atoms with Gasteiger partial charge in [-0.2, -0.15) is 0 Å². The molecule has 0 bridgehead atoms. The van der Waals surface area contributed by atoms with E-state index in [1.54, 1.807) is 20.8 Å². The molecule has 0 saturated carbocycles. The number of aromatic amines is 1. The molecular formula is C13H20ClNO4. The molecule has 108 valence electrons. The zero-order valence-corrected chi connectivity index (χ0v) is 12.1. The lowest BCUT2D eigenvalue weighted by molar-refractivity contribution is 0.0163. The molecule has 0 aromatic carbocycles. The van der Waals surface area contributed by atoms with Crippen LogP contribution in [0.3, 0.4) is 0 Å². The molecule has 2 unspecified atom stereocenters. The second-order valence-corrected chi connectivity index (χ2v) is 4.75. The Balaban J connectivity index is 3.06. The minimum atomic E-state index is -1.07. The maximum absolute atomic E-state index is 11.7. The van der Waals surface area contributed by atoms with Gasteiger partial charge in [0.05, 0.1) is 12.7 Å². The quantitative estimate of drug-likeness (QED) is 0.551. The van der Waals surface area contributed by atoms with Gasteiger partial charge in [0.2, 0.25) is 0 Å². The van der Waals surface area contributed by atoms with Crippen LogP contribution in [0.15, 0.2) is 0 Å². The first kappa shape index (κ1) is 16.0. The summed E-state index contributed by atoms with van der Waals surface area (Å²) in [7, 11) is 0. The highest BCUT2D eigenvalue weighted by molar-refractivity contribution is 6.17. The molecular weight excluding hydrogens is 270 g/mol. The number of aliphatic hydroxyl groups excluding tert-OH is 2. The number of aromatic nitrogens is 1. The van der Waals surface area contributed by atoms with E-state index in [9.17, 15) is 15.0 Å². The Morgan fingerprint density at radius 1 is 1.42 bits per heavy atom. The summed E-state index contributed by atoms with van der Waals surface area (Å²) >= 11 is 5.55. The predicted octanol–water partition coefficient (Wildman–Crippen LogP) is 1.83. The number of alkyl halides is 1. The van der Waals surface area contributed by atoms with Gasteiger partial charge in [0.25, 0.3) is 0 Å². The molecule has 0 aliphatic rings. The minimum absolute atomic E-state index is 0.255. The lowest BCUT2D eigenvalue weighted by Gasteiger charge is -2.18. The van der Waals surface area contributed by atoms with E-state index in [0.29, 0.717) is 22.5 Å². The first-order valence-corrected chi connectivity index (χ1v) is 6.75. The van der Waals surface area contributed by atoms with E-state index in [-0.39, 0.29) is 18.9 Å². The summed E-state index contributed by atoms with van der Waals surface area (Å²) in [4.78, 5) is 14.6. The molecule has 0 radical (unpaired) electrons. The summed E-state index contributed by atoms with van der Waals surface area (Å²) in [5.41, 5.74) is 2.07. The third-order valence-corrected chi connectivity index (χ3v) is 3.26. The first-order valence-electron chi connectivity index (χ1n) is 6.22. The monoisotopic (exact) mass is 289 g/mol. The number of nitrogens with one attached hydrogen (secondary N) is 1. The van der Waals surface area contributed by atoms with E-state index in [2.05, 4.69) is 4.98 Å². The molecule has 6 heteroatoms. The van der Waals surface area contributed by atoms with Gasteiger partial charge in [-0.1, -0.05) is 0 Å². The zero-order valence-electron chi connectivity index (χ0n) is 11.4. The number of esters is 1. The first-order chi connectivity index (χ1) is 8.93. The van der Waals surface area contributed by atoms with Crippen LogP contribution in [-0.4, -0.2) is 39.8 Å². The van der Waals surface area contributed by atoms with E-state index >= 15 is 0 Å². The van der Waals surface area contributed by atoms with Gasteiger partial charge in [-0.25, -0.2) is 4.79 Å². The molecule has 19 heavy (non-hydrogen) atoms. The number of rotatable bonds is 6. The van der Waals surface area contributed by atoms with Crippen molar-refractivity contribution in [3.05, 3.63) is 22.5 Å². The molecule has 3 N–H and O–H groups in total. The average molecular weight is 290 g/mol. The van der Waals surface area contributed by atoms with Crippen molar-refractivity contribution < 1.29 is 19.7 Å². The molecule has 0 amide bonds. The Morgan fingerprint density at radius 2 is 2.05 bits per heavy atom. The maximum atomic E-state index is 11.7. The minimum Gasteiger partial charge on any atom is -0.461 e. The number of carbonyl (C=O) groups excluding carboxylic acids is 1. The fraction of sp³-hybridized carbons (Fsp3) is 0.615. The highest BCUT2D eigenvalue weighted by Gasteiger charge is 2.26. The maximum Gasteiger partial charge on any atom is 0.355 e. The van der Waals surface area contributed by atoms with Crippen LogP contribution in [0.25, 0.3) is 0 Å². The summed E-state index contributed by atoms with van der Waals surface area (Å²) in [6, 6.07) is 0.